The maximum atomic E-state index is 6.41. The van der Waals surface area contributed by atoms with Gasteiger partial charge in [0, 0.05) is 33.3 Å². The Kier molecular flexibility index (Phi) is 7.18. The molecule has 10 aromatic rings. The lowest BCUT2D eigenvalue weighted by atomic mass is 9.96. The van der Waals surface area contributed by atoms with Crippen LogP contribution >= 0.6 is 0 Å². The molecule has 0 amide bonds. The number of nitrogens with zero attached hydrogens (tertiary/aromatic N) is 1. The number of hydrogen-bond donors (Lipinski definition) is 0. The highest BCUT2D eigenvalue weighted by Crippen LogP contribution is 2.43. The first kappa shape index (κ1) is 30.0. The van der Waals surface area contributed by atoms with Crippen LogP contribution in [0.15, 0.2) is 205 Å². The van der Waals surface area contributed by atoms with Crippen molar-refractivity contribution in [2.24, 2.45) is 0 Å². The second-order valence-corrected chi connectivity index (χ2v) is 13.3. The average molecular weight is 664 g/mol. The minimum atomic E-state index is 0.908. The van der Waals surface area contributed by atoms with Crippen LogP contribution in [0.4, 0.5) is 17.1 Å². The van der Waals surface area contributed by atoms with Crippen molar-refractivity contribution in [3.8, 4) is 33.4 Å². The van der Waals surface area contributed by atoms with Crippen LogP contribution in [-0.2, 0) is 0 Å². The van der Waals surface area contributed by atoms with Gasteiger partial charge in [-0.15, -0.1) is 0 Å². The fourth-order valence-corrected chi connectivity index (χ4v) is 7.72. The van der Waals surface area contributed by atoms with Crippen LogP contribution in [0.5, 0.6) is 0 Å². The van der Waals surface area contributed by atoms with E-state index in [0.29, 0.717) is 0 Å². The number of furan rings is 1. The van der Waals surface area contributed by atoms with E-state index >= 15 is 0 Å². The quantitative estimate of drug-likeness (QED) is 0.165. The standard InChI is InChI=1S/C50H33NO/c1-2-11-34(12-3-1)35-23-28-40(29-24-35)51(41-30-25-37(26-31-41)45-17-10-18-47-46-16-7-9-20-49(46)52-50(45)47)48-19-8-6-15-44(48)39-27-32-43-38(33-39)22-21-36-13-4-5-14-42(36)43/h1-33H. The van der Waals surface area contributed by atoms with Crippen LogP contribution in [-0.4, -0.2) is 0 Å². The molecule has 10 rings (SSSR count). The number of para-hydroxylation sites is 3. The van der Waals surface area contributed by atoms with E-state index in [4.69, 9.17) is 4.42 Å². The van der Waals surface area contributed by atoms with Crippen molar-refractivity contribution in [3.63, 3.8) is 0 Å². The zero-order valence-electron chi connectivity index (χ0n) is 28.4. The van der Waals surface area contributed by atoms with Crippen LogP contribution in [0.1, 0.15) is 0 Å². The first-order chi connectivity index (χ1) is 25.8. The van der Waals surface area contributed by atoms with Gasteiger partial charge in [0.15, 0.2) is 0 Å². The van der Waals surface area contributed by atoms with Crippen molar-refractivity contribution in [2.75, 3.05) is 4.90 Å². The predicted molar refractivity (Wildman–Crippen MR) is 220 cm³/mol. The Labute approximate surface area is 302 Å². The molecule has 0 saturated heterocycles. The van der Waals surface area contributed by atoms with Gasteiger partial charge in [0.1, 0.15) is 11.2 Å². The maximum Gasteiger partial charge on any atom is 0.143 e. The Morgan fingerprint density at radius 3 is 1.73 bits per heavy atom. The molecule has 0 aliphatic rings. The van der Waals surface area contributed by atoms with Crippen molar-refractivity contribution in [2.45, 2.75) is 0 Å². The molecule has 2 heteroatoms. The SMILES string of the molecule is c1ccc(-c2ccc(N(c3ccc(-c4cccc5c4oc4ccccc45)cc3)c3ccccc3-c3ccc4c(ccc5ccccc54)c3)cc2)cc1. The second-order valence-electron chi connectivity index (χ2n) is 13.3. The highest BCUT2D eigenvalue weighted by atomic mass is 16.3. The molecule has 0 N–H and O–H groups in total. The third-order valence-electron chi connectivity index (χ3n) is 10.3. The third-order valence-corrected chi connectivity index (χ3v) is 10.3. The van der Waals surface area contributed by atoms with Crippen LogP contribution in [0, 0.1) is 0 Å². The lowest BCUT2D eigenvalue weighted by molar-refractivity contribution is 0.670. The van der Waals surface area contributed by atoms with Crippen molar-refractivity contribution in [1.29, 1.82) is 0 Å². The molecule has 2 nitrogen and oxygen atoms in total. The summed E-state index contributed by atoms with van der Waals surface area (Å²) in [5, 5.41) is 7.30. The van der Waals surface area contributed by atoms with Crippen LogP contribution < -0.4 is 4.90 Å². The normalized spacial score (nSPS) is 11.5. The molecule has 244 valence electrons. The van der Waals surface area contributed by atoms with Crippen molar-refractivity contribution in [3.05, 3.63) is 200 Å². The fraction of sp³-hybridized carbons (Fsp3) is 0. The molecule has 0 fully saturated rings. The average Bonchev–Trinajstić information content (AvgIpc) is 3.61. The highest BCUT2D eigenvalue weighted by molar-refractivity contribution is 6.10. The highest BCUT2D eigenvalue weighted by Gasteiger charge is 2.19. The van der Waals surface area contributed by atoms with E-state index in [1.807, 2.05) is 12.1 Å². The largest absolute Gasteiger partial charge is 0.455 e. The van der Waals surface area contributed by atoms with Gasteiger partial charge in [-0.05, 0) is 86.3 Å². The third kappa shape index (κ3) is 5.12. The molecular weight excluding hydrogens is 631 g/mol. The Bertz CT molecular complexity index is 2890. The summed E-state index contributed by atoms with van der Waals surface area (Å²) in [6.07, 6.45) is 0. The zero-order valence-corrected chi connectivity index (χ0v) is 28.4. The Hall–Kier alpha value is -6.90. The number of anilines is 3. The molecule has 0 aliphatic carbocycles. The molecule has 0 unspecified atom stereocenters. The molecule has 0 bridgehead atoms. The van der Waals surface area contributed by atoms with Crippen molar-refractivity contribution < 1.29 is 4.42 Å². The van der Waals surface area contributed by atoms with E-state index in [-0.39, 0.29) is 0 Å². The molecule has 52 heavy (non-hydrogen) atoms. The Morgan fingerprint density at radius 1 is 0.327 bits per heavy atom. The molecule has 0 saturated carbocycles. The summed E-state index contributed by atoms with van der Waals surface area (Å²) in [5.74, 6) is 0. The molecule has 9 aromatic carbocycles. The minimum Gasteiger partial charge on any atom is -0.455 e. The monoisotopic (exact) mass is 663 g/mol. The summed E-state index contributed by atoms with van der Waals surface area (Å²) in [6, 6.07) is 71.7. The van der Waals surface area contributed by atoms with E-state index in [0.717, 1.165) is 50.1 Å². The minimum absolute atomic E-state index is 0.908. The summed E-state index contributed by atoms with van der Waals surface area (Å²) in [7, 11) is 0. The van der Waals surface area contributed by atoms with Gasteiger partial charge in [-0.3, -0.25) is 0 Å². The molecule has 0 aliphatic heterocycles. The smallest absolute Gasteiger partial charge is 0.143 e. The van der Waals surface area contributed by atoms with Crippen LogP contribution in [0.3, 0.4) is 0 Å². The number of hydrogen-bond acceptors (Lipinski definition) is 2. The summed E-state index contributed by atoms with van der Waals surface area (Å²) >= 11 is 0. The van der Waals surface area contributed by atoms with E-state index in [1.54, 1.807) is 0 Å². The lowest BCUT2D eigenvalue weighted by Crippen LogP contribution is -2.11. The summed E-state index contributed by atoms with van der Waals surface area (Å²) in [5.41, 5.74) is 12.0. The van der Waals surface area contributed by atoms with E-state index < -0.39 is 0 Å². The zero-order chi connectivity index (χ0) is 34.4. The van der Waals surface area contributed by atoms with Gasteiger partial charge in [0.2, 0.25) is 0 Å². The van der Waals surface area contributed by atoms with Gasteiger partial charge in [0.25, 0.3) is 0 Å². The second kappa shape index (κ2) is 12.5. The van der Waals surface area contributed by atoms with Gasteiger partial charge >= 0.3 is 0 Å². The summed E-state index contributed by atoms with van der Waals surface area (Å²) in [4.78, 5) is 2.38. The molecule has 0 radical (unpaired) electrons. The van der Waals surface area contributed by atoms with Crippen molar-refractivity contribution >= 4 is 60.5 Å². The Balaban J connectivity index is 1.11. The van der Waals surface area contributed by atoms with Crippen LogP contribution in [0.25, 0.3) is 76.9 Å². The van der Waals surface area contributed by atoms with Gasteiger partial charge in [0.05, 0.1) is 5.69 Å². The first-order valence-electron chi connectivity index (χ1n) is 17.8. The predicted octanol–water partition coefficient (Wildman–Crippen LogP) is 14.4. The number of rotatable bonds is 6. The number of benzene rings is 9. The van der Waals surface area contributed by atoms with Crippen LogP contribution in [0.2, 0.25) is 0 Å². The fourth-order valence-electron chi connectivity index (χ4n) is 7.72. The molecular formula is C50H33NO. The van der Waals surface area contributed by atoms with Gasteiger partial charge < -0.3 is 9.32 Å². The van der Waals surface area contributed by atoms with E-state index in [2.05, 4.69) is 193 Å². The van der Waals surface area contributed by atoms with Gasteiger partial charge in [-0.2, -0.15) is 0 Å². The molecule has 1 aromatic heterocycles. The van der Waals surface area contributed by atoms with Crippen molar-refractivity contribution in [1.82, 2.24) is 0 Å². The summed E-state index contributed by atoms with van der Waals surface area (Å²) in [6.45, 7) is 0. The van der Waals surface area contributed by atoms with Gasteiger partial charge in [-0.25, -0.2) is 0 Å². The topological polar surface area (TPSA) is 16.4 Å². The lowest BCUT2D eigenvalue weighted by Gasteiger charge is -2.28. The Morgan fingerprint density at radius 2 is 0.904 bits per heavy atom. The molecule has 0 spiro atoms. The summed E-state index contributed by atoms with van der Waals surface area (Å²) < 4.78 is 6.41. The number of fused-ring (bicyclic) bond motifs is 6. The molecule has 1 heterocycles. The van der Waals surface area contributed by atoms with E-state index in [9.17, 15) is 0 Å². The first-order valence-corrected chi connectivity index (χ1v) is 17.8. The maximum absolute atomic E-state index is 6.41. The molecule has 0 atom stereocenters. The van der Waals surface area contributed by atoms with Gasteiger partial charge in [-0.1, -0.05) is 158 Å². The van der Waals surface area contributed by atoms with E-state index in [1.165, 1.54) is 43.8 Å².